The SMILES string of the molecule is O=CCC(NC1CC1)(C(=O)O)C1c2ccc(F)cc2N(C(=O)OCc2ccccc2)C2CCCC21. The second-order valence-corrected chi connectivity index (χ2v) is 9.82. The molecule has 0 spiro atoms. The first-order valence-electron chi connectivity index (χ1n) is 12.2. The van der Waals surface area contributed by atoms with Gasteiger partial charge in [-0.05, 0) is 54.9 Å². The Bertz CT molecular complexity index is 1120. The molecule has 4 unspecified atom stereocenters. The number of anilines is 1. The first kappa shape index (κ1) is 23.5. The average Bonchev–Trinajstić information content (AvgIpc) is 3.54. The number of rotatable bonds is 8. The second kappa shape index (κ2) is 9.41. The molecule has 2 fully saturated rings. The molecule has 5 rings (SSSR count). The van der Waals surface area contributed by atoms with Gasteiger partial charge < -0.3 is 14.6 Å². The fourth-order valence-corrected chi connectivity index (χ4v) is 6.01. The summed E-state index contributed by atoms with van der Waals surface area (Å²) in [6, 6.07) is 13.1. The highest BCUT2D eigenvalue weighted by Gasteiger charge is 2.58. The van der Waals surface area contributed by atoms with Crippen molar-refractivity contribution in [2.75, 3.05) is 4.90 Å². The number of hydrogen-bond acceptors (Lipinski definition) is 5. The molecule has 0 radical (unpaired) electrons. The van der Waals surface area contributed by atoms with Gasteiger partial charge in [-0.1, -0.05) is 42.8 Å². The number of nitrogens with one attached hydrogen (secondary N) is 1. The molecule has 1 aliphatic heterocycles. The maximum absolute atomic E-state index is 14.5. The van der Waals surface area contributed by atoms with Gasteiger partial charge in [0.05, 0.1) is 5.69 Å². The van der Waals surface area contributed by atoms with Crippen molar-refractivity contribution in [2.24, 2.45) is 5.92 Å². The van der Waals surface area contributed by atoms with Crippen molar-refractivity contribution in [3.8, 4) is 0 Å². The Labute approximate surface area is 203 Å². The number of halogens is 1. The van der Waals surface area contributed by atoms with E-state index in [1.54, 1.807) is 6.07 Å². The number of aliphatic carboxylic acids is 1. The van der Waals surface area contributed by atoms with Gasteiger partial charge in [-0.2, -0.15) is 0 Å². The molecule has 184 valence electrons. The van der Waals surface area contributed by atoms with Crippen molar-refractivity contribution in [3.63, 3.8) is 0 Å². The van der Waals surface area contributed by atoms with Crippen LogP contribution < -0.4 is 10.2 Å². The zero-order chi connectivity index (χ0) is 24.6. The molecule has 0 bridgehead atoms. The minimum atomic E-state index is -1.53. The summed E-state index contributed by atoms with van der Waals surface area (Å²) >= 11 is 0. The molecule has 2 saturated carbocycles. The van der Waals surface area contributed by atoms with Crippen LogP contribution in [0.1, 0.15) is 55.6 Å². The molecule has 1 heterocycles. The number of carbonyl (C=O) groups excluding carboxylic acids is 2. The van der Waals surface area contributed by atoms with Crippen LogP contribution in [0, 0.1) is 11.7 Å². The van der Waals surface area contributed by atoms with E-state index in [9.17, 15) is 23.9 Å². The normalized spacial score (nSPS) is 24.7. The summed E-state index contributed by atoms with van der Waals surface area (Å²) in [5, 5.41) is 13.7. The molecule has 3 aliphatic rings. The minimum Gasteiger partial charge on any atom is -0.480 e. The number of benzene rings is 2. The van der Waals surface area contributed by atoms with Crippen LogP contribution in [0.4, 0.5) is 14.9 Å². The molecule has 2 N–H and O–H groups in total. The third-order valence-corrected chi connectivity index (χ3v) is 7.64. The molecule has 8 heteroatoms. The summed E-state index contributed by atoms with van der Waals surface area (Å²) in [6.45, 7) is 0.0785. The van der Waals surface area contributed by atoms with E-state index in [0.29, 0.717) is 30.4 Å². The van der Waals surface area contributed by atoms with Gasteiger partial charge in [-0.15, -0.1) is 0 Å². The number of fused-ring (bicyclic) bond motifs is 2. The number of carbonyl (C=O) groups is 3. The first-order valence-corrected chi connectivity index (χ1v) is 12.2. The van der Waals surface area contributed by atoms with E-state index >= 15 is 0 Å². The van der Waals surface area contributed by atoms with Gasteiger partial charge >= 0.3 is 12.1 Å². The number of carboxylic acid groups (broad SMARTS) is 1. The predicted molar refractivity (Wildman–Crippen MR) is 127 cm³/mol. The lowest BCUT2D eigenvalue weighted by Crippen LogP contribution is -2.62. The van der Waals surface area contributed by atoms with E-state index < -0.39 is 29.3 Å². The Morgan fingerprint density at radius 1 is 1.14 bits per heavy atom. The van der Waals surface area contributed by atoms with Crippen LogP contribution in [0.3, 0.4) is 0 Å². The summed E-state index contributed by atoms with van der Waals surface area (Å²) < 4.78 is 20.1. The van der Waals surface area contributed by atoms with Crippen LogP contribution >= 0.6 is 0 Å². The average molecular weight is 481 g/mol. The topological polar surface area (TPSA) is 95.9 Å². The van der Waals surface area contributed by atoms with E-state index in [-0.39, 0.29) is 31.0 Å². The van der Waals surface area contributed by atoms with E-state index in [1.807, 2.05) is 30.3 Å². The van der Waals surface area contributed by atoms with Crippen molar-refractivity contribution >= 4 is 24.0 Å². The summed E-state index contributed by atoms with van der Waals surface area (Å²) in [4.78, 5) is 39.5. The van der Waals surface area contributed by atoms with Crippen molar-refractivity contribution in [3.05, 3.63) is 65.5 Å². The molecule has 2 aliphatic carbocycles. The monoisotopic (exact) mass is 480 g/mol. The molecule has 0 aromatic heterocycles. The Hall–Kier alpha value is -3.26. The van der Waals surface area contributed by atoms with Gasteiger partial charge in [0.25, 0.3) is 0 Å². The quantitative estimate of drug-likeness (QED) is 0.544. The molecule has 7 nitrogen and oxygen atoms in total. The van der Waals surface area contributed by atoms with Crippen molar-refractivity contribution < 1.29 is 28.6 Å². The minimum absolute atomic E-state index is 0.0312. The van der Waals surface area contributed by atoms with Crippen LogP contribution in [0.15, 0.2) is 48.5 Å². The lowest BCUT2D eigenvalue weighted by atomic mass is 9.65. The molecule has 0 saturated heterocycles. The molecular formula is C27H29FN2O5. The van der Waals surface area contributed by atoms with Crippen LogP contribution in [-0.4, -0.2) is 41.1 Å². The lowest BCUT2D eigenvalue weighted by molar-refractivity contribution is -0.148. The Balaban J connectivity index is 1.57. The fourth-order valence-electron chi connectivity index (χ4n) is 6.01. The third-order valence-electron chi connectivity index (χ3n) is 7.64. The van der Waals surface area contributed by atoms with Gasteiger partial charge in [0.15, 0.2) is 0 Å². The van der Waals surface area contributed by atoms with Gasteiger partial charge in [-0.25, -0.2) is 9.18 Å². The standard InChI is InChI=1S/C27H29FN2O5/c28-18-9-12-21-23(15-18)30(26(34)35-16-17-5-2-1-3-6-17)22-8-4-7-20(22)24(21)27(13-14-31,25(32)33)29-19-10-11-19/h1-3,5-6,9,12,14-15,19-20,22,24,29H,4,7-8,10-11,13,16H2,(H,32,33). The zero-order valence-electron chi connectivity index (χ0n) is 19.4. The Morgan fingerprint density at radius 3 is 2.60 bits per heavy atom. The Kier molecular flexibility index (Phi) is 6.32. The Morgan fingerprint density at radius 2 is 1.91 bits per heavy atom. The molecule has 2 aromatic carbocycles. The predicted octanol–water partition coefficient (Wildman–Crippen LogP) is 4.40. The van der Waals surface area contributed by atoms with Crippen molar-refractivity contribution in [1.82, 2.24) is 5.32 Å². The number of carboxylic acids is 1. The smallest absolute Gasteiger partial charge is 0.414 e. The molecular weight excluding hydrogens is 451 g/mol. The van der Waals surface area contributed by atoms with Crippen molar-refractivity contribution in [1.29, 1.82) is 0 Å². The molecule has 1 amide bonds. The second-order valence-electron chi connectivity index (χ2n) is 9.82. The highest BCUT2D eigenvalue weighted by atomic mass is 19.1. The van der Waals surface area contributed by atoms with Crippen LogP contribution in [-0.2, 0) is 20.9 Å². The van der Waals surface area contributed by atoms with Crippen LogP contribution in [0.25, 0.3) is 0 Å². The largest absolute Gasteiger partial charge is 0.480 e. The number of amides is 1. The maximum atomic E-state index is 14.5. The van der Waals surface area contributed by atoms with Gasteiger partial charge in [0.2, 0.25) is 0 Å². The van der Waals surface area contributed by atoms with Crippen LogP contribution in [0.2, 0.25) is 0 Å². The number of aldehydes is 1. The van der Waals surface area contributed by atoms with Crippen molar-refractivity contribution in [2.45, 2.75) is 68.7 Å². The summed E-state index contributed by atoms with van der Waals surface area (Å²) in [5.41, 5.74) is 0.194. The van der Waals surface area contributed by atoms with E-state index in [4.69, 9.17) is 4.74 Å². The summed E-state index contributed by atoms with van der Waals surface area (Å²) in [7, 11) is 0. The van der Waals surface area contributed by atoms with E-state index in [1.165, 1.54) is 17.0 Å². The van der Waals surface area contributed by atoms with Gasteiger partial charge in [0.1, 0.15) is 24.2 Å². The van der Waals surface area contributed by atoms with E-state index in [0.717, 1.165) is 24.8 Å². The van der Waals surface area contributed by atoms with E-state index in [2.05, 4.69) is 5.32 Å². The van der Waals surface area contributed by atoms with Gasteiger partial charge in [0, 0.05) is 24.4 Å². The lowest BCUT2D eigenvalue weighted by Gasteiger charge is -2.49. The maximum Gasteiger partial charge on any atom is 0.414 e. The number of ether oxygens (including phenoxy) is 1. The first-order chi connectivity index (χ1) is 16.9. The number of nitrogens with zero attached hydrogens (tertiary/aromatic N) is 1. The highest BCUT2D eigenvalue weighted by molar-refractivity contribution is 5.92. The van der Waals surface area contributed by atoms with Gasteiger partial charge in [-0.3, -0.25) is 15.0 Å². The zero-order valence-corrected chi connectivity index (χ0v) is 19.4. The third kappa shape index (κ3) is 4.31. The molecule has 35 heavy (non-hydrogen) atoms. The van der Waals surface area contributed by atoms with Crippen LogP contribution in [0.5, 0.6) is 0 Å². The summed E-state index contributed by atoms with van der Waals surface area (Å²) in [5.74, 6) is -2.42. The molecule has 4 atom stereocenters. The number of hydrogen-bond donors (Lipinski definition) is 2. The fraction of sp³-hybridized carbons (Fsp3) is 0.444. The highest BCUT2D eigenvalue weighted by Crippen LogP contribution is 2.54. The molecule has 2 aromatic rings. The summed E-state index contributed by atoms with van der Waals surface area (Å²) in [6.07, 6.45) is 3.71.